The first-order valence-corrected chi connectivity index (χ1v) is 7.02. The first kappa shape index (κ1) is 16.1. The Balaban J connectivity index is 3.12. The molecule has 0 saturated carbocycles. The number of rotatable bonds is 6. The Morgan fingerprint density at radius 2 is 2.20 bits per heavy atom. The quantitative estimate of drug-likeness (QED) is 0.591. The number of Topliss-reactive ketones (excluding diaryl/α,β-unsaturated/α-hetero) is 1. The minimum atomic E-state index is -0.596. The molecule has 0 fully saturated rings. The van der Waals surface area contributed by atoms with E-state index in [9.17, 15) is 9.59 Å². The maximum atomic E-state index is 11.8. The molecule has 0 aliphatic heterocycles. The van der Waals surface area contributed by atoms with Crippen LogP contribution in [0, 0.1) is 11.3 Å². The second-order valence-electron chi connectivity index (χ2n) is 4.27. The highest BCUT2D eigenvalue weighted by Gasteiger charge is 2.24. The van der Waals surface area contributed by atoms with E-state index in [1.165, 1.54) is 6.92 Å². The Morgan fingerprint density at radius 3 is 2.70 bits per heavy atom. The van der Waals surface area contributed by atoms with E-state index in [4.69, 9.17) is 10.00 Å². The summed E-state index contributed by atoms with van der Waals surface area (Å²) in [4.78, 5) is 29.7. The lowest BCUT2D eigenvalue weighted by molar-refractivity contribution is 0.0517. The molecular weight excluding hydrogens is 278 g/mol. The van der Waals surface area contributed by atoms with Crippen LogP contribution in [0.1, 0.15) is 47.4 Å². The standard InChI is InChI=1S/C13H17N3O3S/c1-5-19-12(18)10-11(9(3)17)20-13(15-10)16(4)8(2)6-7-14/h8H,5-6H2,1-4H3. The average Bonchev–Trinajstić information content (AvgIpc) is 2.83. The van der Waals surface area contributed by atoms with Gasteiger partial charge in [0.2, 0.25) is 0 Å². The number of thiazole rings is 1. The summed E-state index contributed by atoms with van der Waals surface area (Å²) < 4.78 is 4.90. The number of nitrogens with zero attached hydrogens (tertiary/aromatic N) is 3. The van der Waals surface area contributed by atoms with Crippen LogP contribution in [0.15, 0.2) is 0 Å². The van der Waals surface area contributed by atoms with Gasteiger partial charge in [-0.1, -0.05) is 11.3 Å². The van der Waals surface area contributed by atoms with E-state index in [0.29, 0.717) is 11.6 Å². The molecule has 7 heteroatoms. The molecule has 0 spiro atoms. The first-order chi connectivity index (χ1) is 9.42. The van der Waals surface area contributed by atoms with Crippen LogP contribution in [0.4, 0.5) is 5.13 Å². The predicted molar refractivity (Wildman–Crippen MR) is 76.2 cm³/mol. The van der Waals surface area contributed by atoms with Crippen LogP contribution >= 0.6 is 11.3 Å². The molecule has 0 bridgehead atoms. The Bertz CT molecular complexity index is 548. The van der Waals surface area contributed by atoms with Gasteiger partial charge in [0.15, 0.2) is 16.6 Å². The van der Waals surface area contributed by atoms with Gasteiger partial charge in [-0.05, 0) is 13.8 Å². The van der Waals surface area contributed by atoms with E-state index in [-0.39, 0.29) is 29.0 Å². The third kappa shape index (κ3) is 3.54. The van der Waals surface area contributed by atoms with Gasteiger partial charge in [-0.15, -0.1) is 0 Å². The molecule has 108 valence electrons. The molecule has 1 aromatic rings. The summed E-state index contributed by atoms with van der Waals surface area (Å²) in [5, 5.41) is 9.25. The molecule has 1 aromatic heterocycles. The number of carbonyl (C=O) groups is 2. The zero-order valence-corrected chi connectivity index (χ0v) is 12.8. The van der Waals surface area contributed by atoms with Gasteiger partial charge < -0.3 is 9.64 Å². The molecule has 20 heavy (non-hydrogen) atoms. The summed E-state index contributed by atoms with van der Waals surface area (Å²) in [6.07, 6.45) is 0.334. The molecule has 1 atom stereocenters. The van der Waals surface area contributed by atoms with Gasteiger partial charge in [-0.3, -0.25) is 4.79 Å². The van der Waals surface area contributed by atoms with Crippen molar-refractivity contribution >= 4 is 28.2 Å². The molecule has 6 nitrogen and oxygen atoms in total. The average molecular weight is 295 g/mol. The number of anilines is 1. The highest BCUT2D eigenvalue weighted by Crippen LogP contribution is 2.28. The van der Waals surface area contributed by atoms with Gasteiger partial charge in [0.05, 0.1) is 19.1 Å². The van der Waals surface area contributed by atoms with Gasteiger partial charge in [-0.25, -0.2) is 9.78 Å². The summed E-state index contributed by atoms with van der Waals surface area (Å²) in [6.45, 7) is 5.18. The molecule has 0 aliphatic carbocycles. The summed E-state index contributed by atoms with van der Waals surface area (Å²) in [5.74, 6) is -0.820. The molecule has 0 aliphatic rings. The third-order valence-corrected chi connectivity index (χ3v) is 4.00. The molecule has 0 radical (unpaired) electrons. The molecule has 0 N–H and O–H groups in total. The van der Waals surface area contributed by atoms with Crippen molar-refractivity contribution in [1.29, 1.82) is 5.26 Å². The number of nitriles is 1. The van der Waals surface area contributed by atoms with Crippen LogP contribution in [0.3, 0.4) is 0 Å². The van der Waals surface area contributed by atoms with Crippen molar-refractivity contribution in [3.63, 3.8) is 0 Å². The fourth-order valence-electron chi connectivity index (χ4n) is 1.49. The fourth-order valence-corrected chi connectivity index (χ4v) is 2.51. The zero-order chi connectivity index (χ0) is 15.3. The number of ketones is 1. The van der Waals surface area contributed by atoms with Crippen LogP contribution in [0.5, 0.6) is 0 Å². The zero-order valence-electron chi connectivity index (χ0n) is 12.0. The Hall–Kier alpha value is -1.94. The molecule has 1 rings (SSSR count). The number of ether oxygens (including phenoxy) is 1. The lowest BCUT2D eigenvalue weighted by Gasteiger charge is -2.21. The molecule has 0 amide bonds. The minimum absolute atomic E-state index is 0.0513. The van der Waals surface area contributed by atoms with E-state index in [1.54, 1.807) is 18.9 Å². The Labute approximate surface area is 122 Å². The number of carbonyl (C=O) groups excluding carboxylic acids is 2. The van der Waals surface area contributed by atoms with Crippen molar-refractivity contribution in [2.24, 2.45) is 0 Å². The van der Waals surface area contributed by atoms with Crippen molar-refractivity contribution < 1.29 is 14.3 Å². The number of esters is 1. The van der Waals surface area contributed by atoms with Crippen molar-refractivity contribution in [3.8, 4) is 6.07 Å². The van der Waals surface area contributed by atoms with Crippen LogP contribution in [0.2, 0.25) is 0 Å². The Morgan fingerprint density at radius 1 is 1.55 bits per heavy atom. The van der Waals surface area contributed by atoms with E-state index in [0.717, 1.165) is 11.3 Å². The van der Waals surface area contributed by atoms with Crippen molar-refractivity contribution in [2.45, 2.75) is 33.2 Å². The van der Waals surface area contributed by atoms with Crippen LogP contribution in [-0.4, -0.2) is 36.4 Å². The van der Waals surface area contributed by atoms with Crippen molar-refractivity contribution in [1.82, 2.24) is 4.98 Å². The fraction of sp³-hybridized carbons (Fsp3) is 0.538. The molecule has 0 aromatic carbocycles. The highest BCUT2D eigenvalue weighted by molar-refractivity contribution is 7.17. The third-order valence-electron chi connectivity index (χ3n) is 2.75. The summed E-state index contributed by atoms with van der Waals surface area (Å²) >= 11 is 1.14. The van der Waals surface area contributed by atoms with Gasteiger partial charge in [0.25, 0.3) is 0 Å². The second kappa shape index (κ2) is 7.01. The topological polar surface area (TPSA) is 83.3 Å². The van der Waals surface area contributed by atoms with Gasteiger partial charge in [0, 0.05) is 20.0 Å². The normalized spacial score (nSPS) is 11.6. The van der Waals surface area contributed by atoms with E-state index in [2.05, 4.69) is 11.1 Å². The largest absolute Gasteiger partial charge is 0.461 e. The number of aromatic nitrogens is 1. The lowest BCUT2D eigenvalue weighted by Crippen LogP contribution is -2.28. The van der Waals surface area contributed by atoms with E-state index >= 15 is 0 Å². The maximum absolute atomic E-state index is 11.8. The Kier molecular flexibility index (Phi) is 5.65. The van der Waals surface area contributed by atoms with Crippen LogP contribution in [-0.2, 0) is 4.74 Å². The van der Waals surface area contributed by atoms with Gasteiger partial charge in [0.1, 0.15) is 4.88 Å². The van der Waals surface area contributed by atoms with Crippen molar-refractivity contribution in [2.75, 3.05) is 18.6 Å². The molecule has 1 heterocycles. The van der Waals surface area contributed by atoms with Gasteiger partial charge in [-0.2, -0.15) is 5.26 Å². The monoisotopic (exact) mass is 295 g/mol. The molecule has 1 unspecified atom stereocenters. The van der Waals surface area contributed by atoms with E-state index in [1.807, 2.05) is 6.92 Å². The molecular formula is C13H17N3O3S. The van der Waals surface area contributed by atoms with Crippen LogP contribution in [0.25, 0.3) is 0 Å². The minimum Gasteiger partial charge on any atom is -0.461 e. The summed E-state index contributed by atoms with van der Waals surface area (Å²) in [5.41, 5.74) is 0.0513. The first-order valence-electron chi connectivity index (χ1n) is 6.21. The lowest BCUT2D eigenvalue weighted by atomic mass is 10.2. The smallest absolute Gasteiger partial charge is 0.358 e. The number of hydrogen-bond donors (Lipinski definition) is 0. The maximum Gasteiger partial charge on any atom is 0.358 e. The second-order valence-corrected chi connectivity index (χ2v) is 5.25. The SMILES string of the molecule is CCOC(=O)c1nc(N(C)C(C)CC#N)sc1C(C)=O. The van der Waals surface area contributed by atoms with Gasteiger partial charge >= 0.3 is 5.97 Å². The number of hydrogen-bond acceptors (Lipinski definition) is 7. The highest BCUT2D eigenvalue weighted by atomic mass is 32.1. The summed E-state index contributed by atoms with van der Waals surface area (Å²) in [7, 11) is 1.78. The van der Waals surface area contributed by atoms with Crippen LogP contribution < -0.4 is 4.90 Å². The van der Waals surface area contributed by atoms with Crippen molar-refractivity contribution in [3.05, 3.63) is 10.6 Å². The predicted octanol–water partition coefficient (Wildman–Crippen LogP) is 2.26. The molecule has 0 saturated heterocycles. The summed E-state index contributed by atoms with van der Waals surface area (Å²) in [6, 6.07) is 2.03. The van der Waals surface area contributed by atoms with E-state index < -0.39 is 5.97 Å².